The summed E-state index contributed by atoms with van der Waals surface area (Å²) in [5.41, 5.74) is 0.681. The minimum atomic E-state index is 0.204. The SMILES string of the molecule is CC(=N)C1NC=CS1. The summed E-state index contributed by atoms with van der Waals surface area (Å²) in [5, 5.41) is 12.3. The van der Waals surface area contributed by atoms with Crippen molar-refractivity contribution in [2.24, 2.45) is 0 Å². The molecular weight excluding hydrogens is 120 g/mol. The van der Waals surface area contributed by atoms with E-state index in [4.69, 9.17) is 5.41 Å². The Morgan fingerprint density at radius 3 is 2.88 bits per heavy atom. The van der Waals surface area contributed by atoms with Crippen molar-refractivity contribution in [3.05, 3.63) is 11.6 Å². The average Bonchev–Trinajstić information content (AvgIpc) is 2.12. The van der Waals surface area contributed by atoms with Crippen LogP contribution in [0.25, 0.3) is 0 Å². The molecule has 0 radical (unpaired) electrons. The van der Waals surface area contributed by atoms with Gasteiger partial charge in [0.2, 0.25) is 0 Å². The summed E-state index contributed by atoms with van der Waals surface area (Å²) < 4.78 is 0. The van der Waals surface area contributed by atoms with Crippen molar-refractivity contribution in [3.8, 4) is 0 Å². The van der Waals surface area contributed by atoms with E-state index in [2.05, 4.69) is 5.32 Å². The van der Waals surface area contributed by atoms with Crippen LogP contribution in [0.1, 0.15) is 6.92 Å². The second-order valence-electron chi connectivity index (χ2n) is 1.67. The third-order valence-electron chi connectivity index (χ3n) is 0.924. The lowest BCUT2D eigenvalue weighted by atomic mass is 10.4. The summed E-state index contributed by atoms with van der Waals surface area (Å²) in [7, 11) is 0. The summed E-state index contributed by atoms with van der Waals surface area (Å²) in [6.07, 6.45) is 1.87. The fraction of sp³-hybridized carbons (Fsp3) is 0.400. The molecule has 1 atom stereocenters. The molecule has 0 aromatic rings. The van der Waals surface area contributed by atoms with E-state index in [-0.39, 0.29) is 5.37 Å². The summed E-state index contributed by atoms with van der Waals surface area (Å²) in [6.45, 7) is 1.80. The zero-order valence-electron chi connectivity index (χ0n) is 4.64. The smallest absolute Gasteiger partial charge is 0.114 e. The number of thioether (sulfide) groups is 1. The second-order valence-corrected chi connectivity index (χ2v) is 2.68. The van der Waals surface area contributed by atoms with E-state index in [9.17, 15) is 0 Å². The molecule has 0 fully saturated rings. The Balaban J connectivity index is 2.41. The molecule has 1 aliphatic rings. The topological polar surface area (TPSA) is 35.9 Å². The first-order valence-electron chi connectivity index (χ1n) is 2.42. The molecule has 2 nitrogen and oxygen atoms in total. The molecule has 3 heteroatoms. The van der Waals surface area contributed by atoms with Gasteiger partial charge in [-0.2, -0.15) is 0 Å². The third kappa shape index (κ3) is 1.04. The zero-order valence-corrected chi connectivity index (χ0v) is 5.46. The van der Waals surface area contributed by atoms with Crippen LogP contribution in [0.2, 0.25) is 0 Å². The predicted octanol–water partition coefficient (Wildman–Crippen LogP) is 1.16. The molecular formula is C5H8N2S. The number of nitrogens with one attached hydrogen (secondary N) is 2. The van der Waals surface area contributed by atoms with Gasteiger partial charge in [-0.05, 0) is 12.3 Å². The van der Waals surface area contributed by atoms with Crippen molar-refractivity contribution >= 4 is 17.5 Å². The lowest BCUT2D eigenvalue weighted by Crippen LogP contribution is -2.23. The normalized spacial score (nSPS) is 25.4. The van der Waals surface area contributed by atoms with E-state index < -0.39 is 0 Å². The van der Waals surface area contributed by atoms with Crippen LogP contribution in [-0.2, 0) is 0 Å². The van der Waals surface area contributed by atoms with Crippen molar-refractivity contribution in [3.63, 3.8) is 0 Å². The highest BCUT2D eigenvalue weighted by Crippen LogP contribution is 2.15. The fourth-order valence-corrected chi connectivity index (χ4v) is 1.19. The molecule has 0 saturated heterocycles. The first kappa shape index (κ1) is 5.69. The van der Waals surface area contributed by atoms with Gasteiger partial charge in [-0.25, -0.2) is 0 Å². The molecule has 8 heavy (non-hydrogen) atoms. The van der Waals surface area contributed by atoms with E-state index >= 15 is 0 Å². The fourth-order valence-electron chi connectivity index (χ4n) is 0.511. The Hall–Kier alpha value is -0.440. The molecule has 0 aliphatic carbocycles. The Morgan fingerprint density at radius 1 is 1.88 bits per heavy atom. The Morgan fingerprint density at radius 2 is 2.62 bits per heavy atom. The molecule has 44 valence electrons. The lowest BCUT2D eigenvalue weighted by Gasteiger charge is -2.05. The number of rotatable bonds is 1. The van der Waals surface area contributed by atoms with Crippen molar-refractivity contribution < 1.29 is 0 Å². The molecule has 2 N–H and O–H groups in total. The van der Waals surface area contributed by atoms with Crippen LogP contribution in [0, 0.1) is 5.41 Å². The first-order chi connectivity index (χ1) is 3.80. The average molecular weight is 128 g/mol. The third-order valence-corrected chi connectivity index (χ3v) is 1.98. The summed E-state index contributed by atoms with van der Waals surface area (Å²) in [4.78, 5) is 0. The molecule has 0 aromatic heterocycles. The van der Waals surface area contributed by atoms with Crippen LogP contribution in [0.15, 0.2) is 11.6 Å². The summed E-state index contributed by atoms with van der Waals surface area (Å²) >= 11 is 1.63. The standard InChI is InChI=1S/C5H8N2S/c1-4(6)5-7-2-3-8-5/h2-3,5-7H,1H3. The van der Waals surface area contributed by atoms with Crippen LogP contribution in [0.4, 0.5) is 0 Å². The highest BCUT2D eigenvalue weighted by Gasteiger charge is 2.10. The van der Waals surface area contributed by atoms with Gasteiger partial charge in [-0.15, -0.1) is 11.8 Å². The molecule has 0 aromatic carbocycles. The zero-order chi connectivity index (χ0) is 5.98. The van der Waals surface area contributed by atoms with Crippen molar-refractivity contribution in [1.29, 1.82) is 5.41 Å². The van der Waals surface area contributed by atoms with E-state index in [1.54, 1.807) is 18.7 Å². The minimum absolute atomic E-state index is 0.204. The predicted molar refractivity (Wildman–Crippen MR) is 37.1 cm³/mol. The highest BCUT2D eigenvalue weighted by atomic mass is 32.2. The maximum Gasteiger partial charge on any atom is 0.114 e. The minimum Gasteiger partial charge on any atom is -0.374 e. The molecule has 0 bridgehead atoms. The van der Waals surface area contributed by atoms with Crippen molar-refractivity contribution in [2.45, 2.75) is 12.3 Å². The van der Waals surface area contributed by atoms with Crippen molar-refractivity contribution in [2.75, 3.05) is 0 Å². The van der Waals surface area contributed by atoms with Gasteiger partial charge in [0.25, 0.3) is 0 Å². The van der Waals surface area contributed by atoms with Gasteiger partial charge in [0, 0.05) is 11.9 Å². The first-order valence-corrected chi connectivity index (χ1v) is 3.36. The monoisotopic (exact) mass is 128 g/mol. The van der Waals surface area contributed by atoms with Gasteiger partial charge in [0.05, 0.1) is 0 Å². The Bertz CT molecular complexity index is 122. The largest absolute Gasteiger partial charge is 0.374 e. The molecule has 0 spiro atoms. The van der Waals surface area contributed by atoms with Crippen LogP contribution in [-0.4, -0.2) is 11.1 Å². The van der Waals surface area contributed by atoms with E-state index in [0.717, 1.165) is 0 Å². The molecule has 1 heterocycles. The molecule has 0 amide bonds. The van der Waals surface area contributed by atoms with Gasteiger partial charge < -0.3 is 10.7 Å². The highest BCUT2D eigenvalue weighted by molar-refractivity contribution is 8.03. The van der Waals surface area contributed by atoms with Crippen LogP contribution in [0.5, 0.6) is 0 Å². The molecule has 1 unspecified atom stereocenters. The lowest BCUT2D eigenvalue weighted by molar-refractivity contribution is 0.969. The van der Waals surface area contributed by atoms with Crippen LogP contribution in [0.3, 0.4) is 0 Å². The van der Waals surface area contributed by atoms with Gasteiger partial charge >= 0.3 is 0 Å². The van der Waals surface area contributed by atoms with E-state index in [1.165, 1.54) is 0 Å². The van der Waals surface area contributed by atoms with Gasteiger partial charge in [-0.1, -0.05) is 0 Å². The molecule has 1 rings (SSSR count). The van der Waals surface area contributed by atoms with Crippen LogP contribution >= 0.6 is 11.8 Å². The molecule has 1 aliphatic heterocycles. The maximum atomic E-state index is 7.17. The second kappa shape index (κ2) is 2.22. The Labute approximate surface area is 52.9 Å². The quantitative estimate of drug-likeness (QED) is 0.520. The Kier molecular flexibility index (Phi) is 1.58. The van der Waals surface area contributed by atoms with E-state index in [1.807, 2.05) is 11.6 Å². The van der Waals surface area contributed by atoms with E-state index in [0.29, 0.717) is 5.71 Å². The van der Waals surface area contributed by atoms with Gasteiger partial charge in [-0.3, -0.25) is 0 Å². The number of hydrogen-bond donors (Lipinski definition) is 2. The number of hydrogen-bond acceptors (Lipinski definition) is 3. The molecule has 0 saturated carbocycles. The summed E-state index contributed by atoms with van der Waals surface area (Å²) in [5.74, 6) is 0. The van der Waals surface area contributed by atoms with Gasteiger partial charge in [0.1, 0.15) is 5.37 Å². The van der Waals surface area contributed by atoms with Crippen LogP contribution < -0.4 is 5.32 Å². The maximum absolute atomic E-state index is 7.17. The van der Waals surface area contributed by atoms with Crippen molar-refractivity contribution in [1.82, 2.24) is 5.32 Å². The van der Waals surface area contributed by atoms with Gasteiger partial charge in [0.15, 0.2) is 0 Å². The summed E-state index contributed by atoms with van der Waals surface area (Å²) in [6, 6.07) is 0.